The standard InChI is InChI=1S/C56H109N15O10/c1-11-33(6)43(48(62)73)68-51(76)40(26-18-22-30-59)63-49(74)38(24-16-20-28-57)66-54(79)46(36(9)14-4)71-56(81)47(37(10)15-5)69-52(77)41(27-19-23-31-60)64-50(75)39(25-17-21-29-58)65-53(78)45(35(8)13-3)70-55(80)44(34(7)12-2)67-42(72)32-61/h33-41,43-47H,11-32,57-61H2,1-10H3,(H2,62,73)(H,63,74)(H,64,75)(H,65,78)(H,66,79)(H,67,72)(H,68,76)(H,69,77)(H,70,80)(H,71,81)/t33-,34-,35-,36-,37-,38-,39-,40-,41-,43-,44-,45-,46-,47-/m0/s1. The van der Waals surface area contributed by atoms with Crippen LogP contribution in [0.15, 0.2) is 0 Å². The Labute approximate surface area is 482 Å². The van der Waals surface area contributed by atoms with E-state index < -0.39 is 131 Å². The van der Waals surface area contributed by atoms with Crippen LogP contribution in [-0.2, 0) is 47.9 Å². The number of nitrogens with two attached hydrogens (primary N) is 6. The molecule has 0 aromatic heterocycles. The number of carbonyl (C=O) groups excluding carboxylic acids is 10. The Morgan fingerprint density at radius 1 is 0.296 bits per heavy atom. The van der Waals surface area contributed by atoms with Gasteiger partial charge in [-0.15, -0.1) is 0 Å². The second-order valence-electron chi connectivity index (χ2n) is 21.9. The minimum absolute atomic E-state index is 0.106. The van der Waals surface area contributed by atoms with Gasteiger partial charge in [0, 0.05) is 0 Å². The van der Waals surface area contributed by atoms with E-state index in [1.807, 2.05) is 34.6 Å². The summed E-state index contributed by atoms with van der Waals surface area (Å²) < 4.78 is 0. The number of hydrogen-bond donors (Lipinski definition) is 15. The summed E-state index contributed by atoms with van der Waals surface area (Å²) in [5, 5.41) is 25.1. The summed E-state index contributed by atoms with van der Waals surface area (Å²) in [5.41, 5.74) is 34.4. The van der Waals surface area contributed by atoms with Gasteiger partial charge in [0.25, 0.3) is 0 Å². The second-order valence-corrected chi connectivity index (χ2v) is 21.9. The van der Waals surface area contributed by atoms with E-state index in [-0.39, 0.29) is 44.1 Å². The third-order valence-corrected chi connectivity index (χ3v) is 15.5. The largest absolute Gasteiger partial charge is 0.368 e. The molecule has 0 saturated heterocycles. The van der Waals surface area contributed by atoms with Gasteiger partial charge in [0.1, 0.15) is 54.4 Å². The highest BCUT2D eigenvalue weighted by atomic mass is 16.2. The molecule has 0 aliphatic carbocycles. The van der Waals surface area contributed by atoms with Crippen LogP contribution in [-0.4, -0.2) is 146 Å². The first-order chi connectivity index (χ1) is 38.4. The van der Waals surface area contributed by atoms with E-state index in [0.717, 1.165) is 0 Å². The molecule has 0 aromatic carbocycles. The van der Waals surface area contributed by atoms with E-state index in [1.54, 1.807) is 34.6 Å². The molecule has 0 bridgehead atoms. The number of carbonyl (C=O) groups is 10. The highest BCUT2D eigenvalue weighted by molar-refractivity contribution is 5.98. The van der Waals surface area contributed by atoms with Crippen molar-refractivity contribution in [1.82, 2.24) is 47.9 Å². The maximum absolute atomic E-state index is 14.6. The summed E-state index contributed by atoms with van der Waals surface area (Å²) in [5.74, 6) is -8.56. The molecule has 25 heteroatoms. The maximum atomic E-state index is 14.6. The molecule has 0 spiro atoms. The lowest BCUT2D eigenvalue weighted by Crippen LogP contribution is -2.62. The Balaban J connectivity index is 6.99. The monoisotopic (exact) mass is 1150 g/mol. The smallest absolute Gasteiger partial charge is 0.243 e. The lowest BCUT2D eigenvalue weighted by atomic mass is 9.94. The zero-order valence-electron chi connectivity index (χ0n) is 50.7. The lowest BCUT2D eigenvalue weighted by molar-refractivity contribution is -0.137. The fraction of sp³-hybridized carbons (Fsp3) is 0.821. The van der Waals surface area contributed by atoms with Gasteiger partial charge in [-0.05, 0) is 133 Å². The highest BCUT2D eigenvalue weighted by Gasteiger charge is 2.38. The molecule has 25 nitrogen and oxygen atoms in total. The molecule has 0 aromatic rings. The molecule has 0 rings (SSSR count). The average molecular weight is 1150 g/mol. The number of hydrogen-bond acceptors (Lipinski definition) is 15. The van der Waals surface area contributed by atoms with Gasteiger partial charge in [-0.2, -0.15) is 0 Å². The Hall–Kier alpha value is -5.50. The summed E-state index contributed by atoms with van der Waals surface area (Å²) in [6.07, 6.45) is 6.72. The van der Waals surface area contributed by atoms with Crippen molar-refractivity contribution in [3.05, 3.63) is 0 Å². The molecule has 0 radical (unpaired) electrons. The lowest BCUT2D eigenvalue weighted by Gasteiger charge is -2.32. The van der Waals surface area contributed by atoms with Gasteiger partial charge in [0.2, 0.25) is 59.1 Å². The molecule has 0 aliphatic heterocycles. The third kappa shape index (κ3) is 27.9. The summed E-state index contributed by atoms with van der Waals surface area (Å²) in [6.45, 7) is 19.0. The van der Waals surface area contributed by atoms with Crippen LogP contribution in [0.4, 0.5) is 0 Å². The SMILES string of the molecule is CC[C@H](C)[C@H](NC(=O)[C@H](CCCCN)NC(=O)[C@H](CCCCN)NC(=O)[C@@H](NC(=O)[C@@H](NC(=O)[C@H](CCCCN)NC(=O)[C@H](CCCCN)NC(=O)[C@@H](NC(=O)[C@@H](NC(=O)CN)[C@@H](C)CC)[C@@H](C)CC)[C@@H](C)CC)[C@@H](C)CC)C(N)=O. The first-order valence-electron chi connectivity index (χ1n) is 29.9. The normalized spacial score (nSPS) is 16.5. The number of rotatable bonds is 45. The first-order valence-corrected chi connectivity index (χ1v) is 29.9. The fourth-order valence-electron chi connectivity index (χ4n) is 8.88. The fourth-order valence-corrected chi connectivity index (χ4v) is 8.88. The van der Waals surface area contributed by atoms with Crippen molar-refractivity contribution in [2.45, 2.75) is 233 Å². The Morgan fingerprint density at radius 2 is 0.506 bits per heavy atom. The van der Waals surface area contributed by atoms with Crippen molar-refractivity contribution in [2.75, 3.05) is 32.7 Å². The van der Waals surface area contributed by atoms with Gasteiger partial charge in [0.05, 0.1) is 6.54 Å². The summed E-state index contributed by atoms with van der Waals surface area (Å²) in [7, 11) is 0. The van der Waals surface area contributed by atoms with Crippen LogP contribution in [0.5, 0.6) is 0 Å². The molecular weight excluding hydrogens is 1040 g/mol. The molecule has 0 heterocycles. The van der Waals surface area contributed by atoms with Crippen molar-refractivity contribution in [3.63, 3.8) is 0 Å². The van der Waals surface area contributed by atoms with Crippen LogP contribution < -0.4 is 82.3 Å². The Morgan fingerprint density at radius 3 is 0.753 bits per heavy atom. The van der Waals surface area contributed by atoms with E-state index in [1.165, 1.54) is 0 Å². The summed E-state index contributed by atoms with van der Waals surface area (Å²) in [6, 6.07) is -10.2. The second kappa shape index (κ2) is 42.3. The summed E-state index contributed by atoms with van der Waals surface area (Å²) >= 11 is 0. The predicted molar refractivity (Wildman–Crippen MR) is 315 cm³/mol. The minimum Gasteiger partial charge on any atom is -0.368 e. The zero-order valence-corrected chi connectivity index (χ0v) is 50.7. The third-order valence-electron chi connectivity index (χ3n) is 15.5. The van der Waals surface area contributed by atoms with Gasteiger partial charge < -0.3 is 82.3 Å². The first kappa shape index (κ1) is 75.5. The van der Waals surface area contributed by atoms with Gasteiger partial charge in [-0.1, -0.05) is 101 Å². The number of amides is 10. The van der Waals surface area contributed by atoms with Gasteiger partial charge in [-0.25, -0.2) is 0 Å². The number of unbranched alkanes of at least 4 members (excludes halogenated alkanes) is 4. The average Bonchev–Trinajstić information content (AvgIpc) is 3.45. The highest BCUT2D eigenvalue weighted by Crippen LogP contribution is 2.17. The van der Waals surface area contributed by atoms with Crippen LogP contribution in [0.1, 0.15) is 178 Å². The minimum atomic E-state index is -1.22. The van der Waals surface area contributed by atoms with E-state index in [0.29, 0.717) is 110 Å². The van der Waals surface area contributed by atoms with Crippen molar-refractivity contribution < 1.29 is 47.9 Å². The Bertz CT molecular complexity index is 1930. The summed E-state index contributed by atoms with van der Waals surface area (Å²) in [4.78, 5) is 138. The molecule has 10 amide bonds. The van der Waals surface area contributed by atoms with Crippen LogP contribution in [0.2, 0.25) is 0 Å². The Kier molecular flexibility index (Phi) is 39.5. The van der Waals surface area contributed by atoms with E-state index in [9.17, 15) is 47.9 Å². The quantitative estimate of drug-likeness (QED) is 0.0343. The van der Waals surface area contributed by atoms with Gasteiger partial charge in [-0.3, -0.25) is 47.9 Å². The topological polar surface area (TPSA) is 435 Å². The molecule has 81 heavy (non-hydrogen) atoms. The van der Waals surface area contributed by atoms with E-state index in [4.69, 9.17) is 34.4 Å². The molecule has 468 valence electrons. The van der Waals surface area contributed by atoms with Crippen LogP contribution in [0, 0.1) is 29.6 Å². The molecule has 21 N–H and O–H groups in total. The molecule has 0 unspecified atom stereocenters. The van der Waals surface area contributed by atoms with E-state index in [2.05, 4.69) is 47.9 Å². The van der Waals surface area contributed by atoms with Crippen LogP contribution in [0.25, 0.3) is 0 Å². The van der Waals surface area contributed by atoms with Gasteiger partial charge in [0.15, 0.2) is 0 Å². The van der Waals surface area contributed by atoms with Crippen LogP contribution >= 0.6 is 0 Å². The zero-order chi connectivity index (χ0) is 61.8. The predicted octanol–water partition coefficient (Wildman–Crippen LogP) is -0.460. The molecule has 0 saturated carbocycles. The molecular formula is C56H109N15O10. The van der Waals surface area contributed by atoms with Crippen LogP contribution in [0.3, 0.4) is 0 Å². The maximum Gasteiger partial charge on any atom is 0.243 e. The van der Waals surface area contributed by atoms with E-state index >= 15 is 0 Å². The molecule has 0 aliphatic rings. The van der Waals surface area contributed by atoms with Gasteiger partial charge >= 0.3 is 0 Å². The molecule has 14 atom stereocenters. The molecule has 0 fully saturated rings. The van der Waals surface area contributed by atoms with Crippen molar-refractivity contribution in [2.24, 2.45) is 64.0 Å². The van der Waals surface area contributed by atoms with Crippen molar-refractivity contribution in [3.8, 4) is 0 Å². The van der Waals surface area contributed by atoms with Crippen molar-refractivity contribution in [1.29, 1.82) is 0 Å². The number of primary amides is 1. The number of nitrogens with one attached hydrogen (secondary N) is 9. The van der Waals surface area contributed by atoms with Crippen molar-refractivity contribution >= 4 is 59.1 Å².